The predicted octanol–water partition coefficient (Wildman–Crippen LogP) is 3.16. The van der Waals surface area contributed by atoms with Gasteiger partial charge in [0.2, 0.25) is 5.91 Å². The molecule has 2 aromatic rings. The minimum Gasteiger partial charge on any atom is -0.352 e. The number of halogens is 1. The Kier molecular flexibility index (Phi) is 3.87. The minimum absolute atomic E-state index is 0.00132. The van der Waals surface area contributed by atoms with E-state index in [4.69, 9.17) is 0 Å². The van der Waals surface area contributed by atoms with Gasteiger partial charge in [0, 0.05) is 30.1 Å². The maximum atomic E-state index is 14.2. The summed E-state index contributed by atoms with van der Waals surface area (Å²) in [7, 11) is 0. The zero-order chi connectivity index (χ0) is 16.7. The molecule has 2 aliphatic carbocycles. The number of nitrogens with one attached hydrogen (secondary N) is 2. The zero-order valence-electron chi connectivity index (χ0n) is 13.9. The number of hydrogen-bond donors (Lipinski definition) is 2. The topological polar surface area (TPSA) is 57.8 Å². The Morgan fingerprint density at radius 1 is 1.38 bits per heavy atom. The smallest absolute Gasteiger partial charge is 0.223 e. The quantitative estimate of drug-likeness (QED) is 0.906. The van der Waals surface area contributed by atoms with Gasteiger partial charge in [-0.05, 0) is 50.2 Å². The lowest BCUT2D eigenvalue weighted by atomic mass is 9.89. The molecule has 2 aliphatic rings. The highest BCUT2D eigenvalue weighted by Crippen LogP contribution is 2.40. The molecule has 24 heavy (non-hydrogen) atoms. The van der Waals surface area contributed by atoms with Gasteiger partial charge >= 0.3 is 0 Å². The summed E-state index contributed by atoms with van der Waals surface area (Å²) in [6, 6.07) is 5.42. The molecule has 1 fully saturated rings. The number of aromatic amines is 1. The maximum absolute atomic E-state index is 14.2. The van der Waals surface area contributed by atoms with Crippen LogP contribution in [0.3, 0.4) is 0 Å². The number of aromatic nitrogens is 2. The molecular weight excluding hydrogens is 305 g/mol. The molecule has 4 rings (SSSR count). The molecule has 1 aromatic carbocycles. The van der Waals surface area contributed by atoms with Gasteiger partial charge in [-0.3, -0.25) is 4.79 Å². The number of amides is 1. The van der Waals surface area contributed by atoms with Gasteiger partial charge in [-0.1, -0.05) is 12.1 Å². The lowest BCUT2D eigenvalue weighted by molar-refractivity contribution is -0.125. The van der Waals surface area contributed by atoms with Gasteiger partial charge in [0.25, 0.3) is 0 Å². The van der Waals surface area contributed by atoms with Crippen molar-refractivity contribution in [1.82, 2.24) is 15.3 Å². The summed E-state index contributed by atoms with van der Waals surface area (Å²) in [5, 5.41) is 2.90. The van der Waals surface area contributed by atoms with E-state index in [0.29, 0.717) is 17.9 Å². The van der Waals surface area contributed by atoms with E-state index in [2.05, 4.69) is 15.3 Å². The number of carbonyl (C=O) groups is 1. The Morgan fingerprint density at radius 3 is 2.96 bits per heavy atom. The molecule has 2 N–H and O–H groups in total. The number of nitrogens with zero attached hydrogens (tertiary/aromatic N) is 1. The van der Waals surface area contributed by atoms with E-state index >= 15 is 0 Å². The second kappa shape index (κ2) is 6.04. The van der Waals surface area contributed by atoms with Crippen LogP contribution >= 0.6 is 0 Å². The van der Waals surface area contributed by atoms with Gasteiger partial charge in [0.05, 0.1) is 5.69 Å². The van der Waals surface area contributed by atoms with Crippen molar-refractivity contribution in [2.45, 2.75) is 51.5 Å². The number of aryl methyl sites for hydroxylation is 2. The number of imidazole rings is 1. The van der Waals surface area contributed by atoms with Gasteiger partial charge < -0.3 is 10.3 Å². The van der Waals surface area contributed by atoms with Crippen molar-refractivity contribution in [3.8, 4) is 0 Å². The summed E-state index contributed by atoms with van der Waals surface area (Å²) in [5.41, 5.74) is 3.79. The summed E-state index contributed by atoms with van der Waals surface area (Å²) in [6.45, 7) is 2.18. The molecule has 0 aliphatic heterocycles. The van der Waals surface area contributed by atoms with Gasteiger partial charge in [0.1, 0.15) is 11.6 Å². The van der Waals surface area contributed by atoms with E-state index in [9.17, 15) is 9.18 Å². The standard InChI is InChI=1S/C19H22FN3O/c1-11-22-17-7-6-14(9-18(17)23-11)19(24)21-10-15-5-4-13(8-16(15)20)12-2-3-12/h4-5,8,12,14H,2-3,6-7,9-10H2,1H3,(H,21,24)(H,22,23). The fourth-order valence-electron chi connectivity index (χ4n) is 3.55. The predicted molar refractivity (Wildman–Crippen MR) is 89.1 cm³/mol. The van der Waals surface area contributed by atoms with Crippen molar-refractivity contribution in [2.24, 2.45) is 5.92 Å². The van der Waals surface area contributed by atoms with Crippen LogP contribution in [0.4, 0.5) is 4.39 Å². The third-order valence-corrected chi connectivity index (χ3v) is 5.11. The molecule has 5 heteroatoms. The Hall–Kier alpha value is -2.17. The molecule has 0 radical (unpaired) electrons. The first-order valence-corrected chi connectivity index (χ1v) is 8.70. The number of benzene rings is 1. The molecule has 1 amide bonds. The highest BCUT2D eigenvalue weighted by molar-refractivity contribution is 5.79. The Morgan fingerprint density at radius 2 is 2.21 bits per heavy atom. The van der Waals surface area contributed by atoms with Crippen LogP contribution in [0.1, 0.15) is 53.5 Å². The molecule has 1 unspecified atom stereocenters. The number of H-pyrrole nitrogens is 1. The van der Waals surface area contributed by atoms with Gasteiger partial charge in [0.15, 0.2) is 0 Å². The average molecular weight is 327 g/mol. The van der Waals surface area contributed by atoms with Crippen molar-refractivity contribution in [2.75, 3.05) is 0 Å². The number of hydrogen-bond acceptors (Lipinski definition) is 2. The summed E-state index contributed by atoms with van der Waals surface area (Å²) in [5.74, 6) is 1.16. The first kappa shape index (κ1) is 15.4. The molecule has 0 bridgehead atoms. The Labute approximate surface area is 140 Å². The van der Waals surface area contributed by atoms with Gasteiger partial charge in [-0.25, -0.2) is 9.37 Å². The maximum Gasteiger partial charge on any atom is 0.223 e. The largest absolute Gasteiger partial charge is 0.352 e. The lowest BCUT2D eigenvalue weighted by Crippen LogP contribution is -2.34. The second-order valence-corrected chi connectivity index (χ2v) is 7.03. The van der Waals surface area contributed by atoms with E-state index in [0.717, 1.165) is 48.5 Å². The number of fused-ring (bicyclic) bond motifs is 1. The summed E-state index contributed by atoms with van der Waals surface area (Å²) in [6.07, 6.45) is 4.62. The Bertz CT molecular complexity index is 779. The molecule has 1 aromatic heterocycles. The van der Waals surface area contributed by atoms with Crippen LogP contribution in [0.25, 0.3) is 0 Å². The molecule has 0 saturated heterocycles. The second-order valence-electron chi connectivity index (χ2n) is 7.03. The highest BCUT2D eigenvalue weighted by Gasteiger charge is 2.27. The monoisotopic (exact) mass is 327 g/mol. The van der Waals surface area contributed by atoms with E-state index in [1.807, 2.05) is 13.0 Å². The van der Waals surface area contributed by atoms with E-state index in [1.165, 1.54) is 0 Å². The van der Waals surface area contributed by atoms with Crippen LogP contribution in [-0.4, -0.2) is 15.9 Å². The van der Waals surface area contributed by atoms with Crippen LogP contribution in [0.2, 0.25) is 0 Å². The van der Waals surface area contributed by atoms with Crippen molar-refractivity contribution in [1.29, 1.82) is 0 Å². The summed E-state index contributed by atoms with van der Waals surface area (Å²) in [4.78, 5) is 20.1. The SMILES string of the molecule is Cc1nc2c([nH]1)CC(C(=O)NCc1ccc(C3CC3)cc1F)CC2. The molecule has 1 atom stereocenters. The lowest BCUT2D eigenvalue weighted by Gasteiger charge is -2.20. The molecule has 0 spiro atoms. The van der Waals surface area contributed by atoms with Gasteiger partial charge in [-0.15, -0.1) is 0 Å². The zero-order valence-corrected chi connectivity index (χ0v) is 13.9. The van der Waals surface area contributed by atoms with Crippen LogP contribution < -0.4 is 5.32 Å². The van der Waals surface area contributed by atoms with Crippen LogP contribution in [-0.2, 0) is 24.2 Å². The summed E-state index contributed by atoms with van der Waals surface area (Å²) < 4.78 is 14.2. The third-order valence-electron chi connectivity index (χ3n) is 5.11. The molecule has 1 saturated carbocycles. The van der Waals surface area contributed by atoms with Crippen LogP contribution in [0, 0.1) is 18.7 Å². The third kappa shape index (κ3) is 3.07. The van der Waals surface area contributed by atoms with E-state index < -0.39 is 0 Å². The van der Waals surface area contributed by atoms with Gasteiger partial charge in [-0.2, -0.15) is 0 Å². The van der Waals surface area contributed by atoms with E-state index in [1.54, 1.807) is 12.1 Å². The molecule has 1 heterocycles. The van der Waals surface area contributed by atoms with Crippen molar-refractivity contribution < 1.29 is 9.18 Å². The van der Waals surface area contributed by atoms with Crippen molar-refractivity contribution in [3.63, 3.8) is 0 Å². The van der Waals surface area contributed by atoms with Crippen LogP contribution in [0.15, 0.2) is 18.2 Å². The van der Waals surface area contributed by atoms with E-state index in [-0.39, 0.29) is 24.2 Å². The molecule has 4 nitrogen and oxygen atoms in total. The van der Waals surface area contributed by atoms with Crippen molar-refractivity contribution in [3.05, 3.63) is 52.4 Å². The molecule has 126 valence electrons. The summed E-state index contributed by atoms with van der Waals surface area (Å²) >= 11 is 0. The first-order chi connectivity index (χ1) is 11.6. The highest BCUT2D eigenvalue weighted by atomic mass is 19.1. The molecular formula is C19H22FN3O. The average Bonchev–Trinajstić information content (AvgIpc) is 3.34. The fourth-order valence-corrected chi connectivity index (χ4v) is 3.55. The number of carbonyl (C=O) groups excluding carboxylic acids is 1. The fraction of sp³-hybridized carbons (Fsp3) is 0.474. The minimum atomic E-state index is -0.213. The van der Waals surface area contributed by atoms with Crippen LogP contribution in [0.5, 0.6) is 0 Å². The Balaban J connectivity index is 1.37. The first-order valence-electron chi connectivity index (χ1n) is 8.70. The van der Waals surface area contributed by atoms with Crippen molar-refractivity contribution >= 4 is 5.91 Å². The number of rotatable bonds is 4. The normalized spacial score (nSPS) is 19.8.